The van der Waals surface area contributed by atoms with Crippen molar-refractivity contribution in [2.24, 2.45) is 57.7 Å². The molecule has 4 saturated carbocycles. The molecule has 0 bridgehead atoms. The molecule has 0 aliphatic heterocycles. The van der Waals surface area contributed by atoms with E-state index in [1.54, 1.807) is 0 Å². The van der Waals surface area contributed by atoms with Gasteiger partial charge in [-0.25, -0.2) is 0 Å². The highest BCUT2D eigenvalue weighted by atomic mass is 16.3. The van der Waals surface area contributed by atoms with E-state index in [1.165, 1.54) is 64.2 Å². The van der Waals surface area contributed by atoms with Crippen LogP contribution in [-0.4, -0.2) is 11.2 Å². The fourth-order valence-electron chi connectivity index (χ4n) is 9.84. The zero-order valence-electron chi connectivity index (χ0n) is 22.1. The molecule has 31 heavy (non-hydrogen) atoms. The molecular formula is C30H54O. The van der Waals surface area contributed by atoms with E-state index < -0.39 is 0 Å². The van der Waals surface area contributed by atoms with Crippen molar-refractivity contribution >= 4 is 0 Å². The van der Waals surface area contributed by atoms with Gasteiger partial charge in [-0.3, -0.25) is 0 Å². The number of rotatable bonds is 6. The normalized spacial score (nSPS) is 47.9. The number of aliphatic hydroxyl groups is 1. The summed E-state index contributed by atoms with van der Waals surface area (Å²) in [5.41, 5.74) is 1.63. The maximum atomic E-state index is 10.3. The summed E-state index contributed by atoms with van der Waals surface area (Å²) in [6.45, 7) is 17.8. The van der Waals surface area contributed by atoms with Crippen LogP contribution in [0.1, 0.15) is 126 Å². The van der Waals surface area contributed by atoms with Gasteiger partial charge in [0.25, 0.3) is 0 Å². The predicted molar refractivity (Wildman–Crippen MR) is 133 cm³/mol. The minimum absolute atomic E-state index is 0.0140. The molecule has 0 heterocycles. The van der Waals surface area contributed by atoms with Crippen LogP contribution in [0.25, 0.3) is 0 Å². The van der Waals surface area contributed by atoms with Gasteiger partial charge in [0.2, 0.25) is 0 Å². The average molecular weight is 431 g/mol. The van der Waals surface area contributed by atoms with E-state index in [9.17, 15) is 5.11 Å². The van der Waals surface area contributed by atoms with Crippen molar-refractivity contribution in [1.82, 2.24) is 0 Å². The monoisotopic (exact) mass is 430 g/mol. The summed E-state index contributed by atoms with van der Waals surface area (Å²) in [4.78, 5) is 0. The van der Waals surface area contributed by atoms with Crippen LogP contribution in [0.5, 0.6) is 0 Å². The second-order valence-electron chi connectivity index (χ2n) is 14.0. The molecule has 1 heteroatoms. The van der Waals surface area contributed by atoms with Gasteiger partial charge in [-0.2, -0.15) is 0 Å². The topological polar surface area (TPSA) is 20.2 Å². The van der Waals surface area contributed by atoms with Crippen LogP contribution in [0.3, 0.4) is 0 Å². The zero-order valence-corrected chi connectivity index (χ0v) is 22.1. The van der Waals surface area contributed by atoms with Crippen LogP contribution >= 0.6 is 0 Å². The molecule has 0 aromatic heterocycles. The van der Waals surface area contributed by atoms with Crippen LogP contribution in [0.4, 0.5) is 0 Å². The lowest BCUT2D eigenvalue weighted by molar-refractivity contribution is -0.129. The van der Waals surface area contributed by atoms with Crippen molar-refractivity contribution in [2.45, 2.75) is 132 Å². The van der Waals surface area contributed by atoms with Crippen molar-refractivity contribution in [3.63, 3.8) is 0 Å². The van der Waals surface area contributed by atoms with Crippen molar-refractivity contribution in [3.8, 4) is 0 Å². The molecule has 4 rings (SSSR count). The Morgan fingerprint density at radius 3 is 2.26 bits per heavy atom. The highest BCUT2D eigenvalue weighted by Gasteiger charge is 2.60. The summed E-state index contributed by atoms with van der Waals surface area (Å²) in [5.74, 6) is 6.31. The van der Waals surface area contributed by atoms with Gasteiger partial charge >= 0.3 is 0 Å². The molecule has 0 aromatic rings. The molecule has 4 fully saturated rings. The van der Waals surface area contributed by atoms with E-state index in [2.05, 4.69) is 48.5 Å². The Morgan fingerprint density at radius 1 is 0.903 bits per heavy atom. The molecular weight excluding hydrogens is 376 g/mol. The number of hydrogen-bond donors (Lipinski definition) is 1. The first-order valence-electron chi connectivity index (χ1n) is 14.2. The molecule has 0 aromatic carbocycles. The van der Waals surface area contributed by atoms with Crippen molar-refractivity contribution in [3.05, 3.63) is 0 Å². The third-order valence-electron chi connectivity index (χ3n) is 12.8. The molecule has 0 amide bonds. The Hall–Kier alpha value is -0.0400. The molecule has 0 saturated heterocycles. The van der Waals surface area contributed by atoms with E-state index in [1.807, 2.05) is 0 Å². The van der Waals surface area contributed by atoms with Crippen LogP contribution in [-0.2, 0) is 0 Å². The Labute approximate surface area is 194 Å². The first-order chi connectivity index (χ1) is 14.5. The SMILES string of the molecule is CCC(C)(CCC(C)C1CCC2C3CCC4CC(O)CCC4(C)C3CCC12C)C(C)C. The molecule has 180 valence electrons. The fraction of sp³-hybridized carbons (Fsp3) is 1.00. The van der Waals surface area contributed by atoms with E-state index in [4.69, 9.17) is 0 Å². The summed E-state index contributed by atoms with van der Waals surface area (Å²) in [6, 6.07) is 0. The van der Waals surface area contributed by atoms with E-state index in [-0.39, 0.29) is 6.10 Å². The largest absolute Gasteiger partial charge is 0.393 e. The Morgan fingerprint density at radius 2 is 1.58 bits per heavy atom. The molecule has 0 spiro atoms. The first kappa shape index (κ1) is 24.1. The van der Waals surface area contributed by atoms with Gasteiger partial charge in [-0.05, 0) is 128 Å². The Kier molecular flexibility index (Phi) is 6.71. The maximum absolute atomic E-state index is 10.3. The molecule has 1 nitrogen and oxygen atoms in total. The van der Waals surface area contributed by atoms with Gasteiger partial charge in [-0.15, -0.1) is 0 Å². The second-order valence-corrected chi connectivity index (χ2v) is 14.0. The minimum Gasteiger partial charge on any atom is -0.393 e. The molecule has 10 atom stereocenters. The van der Waals surface area contributed by atoms with Crippen LogP contribution in [0.15, 0.2) is 0 Å². The molecule has 0 radical (unpaired) electrons. The van der Waals surface area contributed by atoms with Crippen molar-refractivity contribution in [1.29, 1.82) is 0 Å². The number of fused-ring (bicyclic) bond motifs is 5. The predicted octanol–water partition coefficient (Wildman–Crippen LogP) is 8.49. The lowest BCUT2D eigenvalue weighted by Crippen LogP contribution is -2.54. The zero-order chi connectivity index (χ0) is 22.6. The highest BCUT2D eigenvalue weighted by Crippen LogP contribution is 2.68. The molecule has 1 N–H and O–H groups in total. The van der Waals surface area contributed by atoms with E-state index >= 15 is 0 Å². The third kappa shape index (κ3) is 3.95. The second kappa shape index (κ2) is 8.63. The number of hydrogen-bond acceptors (Lipinski definition) is 1. The number of aliphatic hydroxyl groups excluding tert-OH is 1. The van der Waals surface area contributed by atoms with Gasteiger partial charge in [0, 0.05) is 0 Å². The quantitative estimate of drug-likeness (QED) is 0.448. The lowest BCUT2D eigenvalue weighted by Gasteiger charge is -2.61. The molecule has 4 aliphatic rings. The smallest absolute Gasteiger partial charge is 0.0543 e. The summed E-state index contributed by atoms with van der Waals surface area (Å²) in [6.07, 6.45) is 16.4. The average Bonchev–Trinajstić information content (AvgIpc) is 3.09. The van der Waals surface area contributed by atoms with Crippen molar-refractivity contribution < 1.29 is 5.11 Å². The third-order valence-corrected chi connectivity index (χ3v) is 12.8. The van der Waals surface area contributed by atoms with Gasteiger partial charge in [-0.1, -0.05) is 54.9 Å². The van der Waals surface area contributed by atoms with E-state index in [0.29, 0.717) is 16.2 Å². The van der Waals surface area contributed by atoms with Gasteiger partial charge in [0.15, 0.2) is 0 Å². The van der Waals surface area contributed by atoms with Gasteiger partial charge in [0.05, 0.1) is 6.10 Å². The first-order valence-corrected chi connectivity index (χ1v) is 14.2. The van der Waals surface area contributed by atoms with Gasteiger partial charge in [0.1, 0.15) is 0 Å². The Balaban J connectivity index is 1.46. The fourth-order valence-corrected chi connectivity index (χ4v) is 9.84. The van der Waals surface area contributed by atoms with Gasteiger partial charge < -0.3 is 5.11 Å². The summed E-state index contributed by atoms with van der Waals surface area (Å²) >= 11 is 0. The lowest BCUT2D eigenvalue weighted by atomic mass is 9.44. The summed E-state index contributed by atoms with van der Waals surface area (Å²) in [5, 5.41) is 10.3. The standard InChI is InChI=1S/C30H54O/c1-8-28(5,20(2)3)16-13-21(4)25-11-12-26-24-10-9-22-19-23(31)14-17-29(22,6)27(24)15-18-30(25,26)7/h20-27,31H,8-19H2,1-7H3. The Bertz CT molecular complexity index is 626. The molecule has 10 unspecified atom stereocenters. The van der Waals surface area contributed by atoms with Crippen LogP contribution < -0.4 is 0 Å². The minimum atomic E-state index is -0.0140. The van der Waals surface area contributed by atoms with Crippen LogP contribution in [0, 0.1) is 57.7 Å². The summed E-state index contributed by atoms with van der Waals surface area (Å²) in [7, 11) is 0. The summed E-state index contributed by atoms with van der Waals surface area (Å²) < 4.78 is 0. The van der Waals surface area contributed by atoms with E-state index in [0.717, 1.165) is 54.3 Å². The highest BCUT2D eigenvalue weighted by molar-refractivity contribution is 5.09. The maximum Gasteiger partial charge on any atom is 0.0543 e. The molecule has 4 aliphatic carbocycles. The van der Waals surface area contributed by atoms with Crippen molar-refractivity contribution in [2.75, 3.05) is 0 Å². The van der Waals surface area contributed by atoms with Crippen LogP contribution in [0.2, 0.25) is 0 Å².